The first kappa shape index (κ1) is 18.9. The van der Waals surface area contributed by atoms with Crippen molar-refractivity contribution in [2.24, 2.45) is 5.10 Å². The van der Waals surface area contributed by atoms with Crippen molar-refractivity contribution in [2.45, 2.75) is 38.3 Å². The molecule has 1 fully saturated rings. The van der Waals surface area contributed by atoms with Crippen LogP contribution in [0.1, 0.15) is 42.2 Å². The molecule has 0 radical (unpaired) electrons. The summed E-state index contributed by atoms with van der Waals surface area (Å²) in [6, 6.07) is 10.3. The van der Waals surface area contributed by atoms with Crippen LogP contribution in [0.3, 0.4) is 0 Å². The maximum absolute atomic E-state index is 12.8. The molecule has 2 aliphatic heterocycles. The maximum Gasteiger partial charge on any atom is 0.329 e. The highest BCUT2D eigenvalue weighted by Gasteiger charge is 2.36. The SMILES string of the molecule is Cc1ccc(C2=NN(C(=O)COC(=O)[C@H]3CCC(=O)N3)[C@H](c3ccco3)C2)cc1. The van der Waals surface area contributed by atoms with E-state index in [1.165, 1.54) is 5.01 Å². The van der Waals surface area contributed by atoms with Crippen LogP contribution in [0.5, 0.6) is 0 Å². The molecular formula is C21H21N3O5. The van der Waals surface area contributed by atoms with Gasteiger partial charge in [0.2, 0.25) is 5.91 Å². The number of esters is 1. The van der Waals surface area contributed by atoms with Crippen LogP contribution >= 0.6 is 0 Å². The zero-order chi connectivity index (χ0) is 20.4. The van der Waals surface area contributed by atoms with Gasteiger partial charge in [-0.25, -0.2) is 9.80 Å². The average Bonchev–Trinajstić information content (AvgIpc) is 3.46. The number of carbonyl (C=O) groups excluding carboxylic acids is 3. The van der Waals surface area contributed by atoms with Gasteiger partial charge in [0.25, 0.3) is 5.91 Å². The van der Waals surface area contributed by atoms with Crippen LogP contribution in [0.15, 0.2) is 52.2 Å². The van der Waals surface area contributed by atoms with Gasteiger partial charge in [-0.2, -0.15) is 5.10 Å². The largest absolute Gasteiger partial charge is 0.467 e. The summed E-state index contributed by atoms with van der Waals surface area (Å²) in [6.45, 7) is 1.55. The lowest BCUT2D eigenvalue weighted by Crippen LogP contribution is -2.37. The molecule has 1 aromatic heterocycles. The zero-order valence-corrected chi connectivity index (χ0v) is 16.0. The Kier molecular flexibility index (Phi) is 5.16. The van der Waals surface area contributed by atoms with Gasteiger partial charge in [0.15, 0.2) is 6.61 Å². The summed E-state index contributed by atoms with van der Waals surface area (Å²) >= 11 is 0. The molecule has 8 nitrogen and oxygen atoms in total. The molecule has 29 heavy (non-hydrogen) atoms. The molecule has 1 N–H and O–H groups in total. The Morgan fingerprint density at radius 2 is 2.07 bits per heavy atom. The lowest BCUT2D eigenvalue weighted by molar-refractivity contribution is -0.154. The van der Waals surface area contributed by atoms with Crippen molar-refractivity contribution >= 4 is 23.5 Å². The molecule has 0 bridgehead atoms. The van der Waals surface area contributed by atoms with E-state index in [0.29, 0.717) is 18.6 Å². The number of benzene rings is 1. The molecule has 1 saturated heterocycles. The third-order valence-corrected chi connectivity index (χ3v) is 5.04. The molecule has 2 amide bonds. The lowest BCUT2D eigenvalue weighted by atomic mass is 10.0. The van der Waals surface area contributed by atoms with Gasteiger partial charge in [0.1, 0.15) is 17.8 Å². The monoisotopic (exact) mass is 395 g/mol. The van der Waals surface area contributed by atoms with Crippen molar-refractivity contribution in [1.82, 2.24) is 10.3 Å². The Labute approximate surface area is 167 Å². The molecule has 8 heteroatoms. The summed E-state index contributed by atoms with van der Waals surface area (Å²) in [7, 11) is 0. The van der Waals surface area contributed by atoms with Gasteiger partial charge in [-0.1, -0.05) is 29.8 Å². The predicted molar refractivity (Wildman–Crippen MR) is 103 cm³/mol. The number of nitrogens with one attached hydrogen (secondary N) is 1. The van der Waals surface area contributed by atoms with Crippen molar-refractivity contribution in [2.75, 3.05) is 6.61 Å². The van der Waals surface area contributed by atoms with Crippen molar-refractivity contribution in [1.29, 1.82) is 0 Å². The molecule has 3 heterocycles. The lowest BCUT2D eigenvalue weighted by Gasteiger charge is -2.20. The quantitative estimate of drug-likeness (QED) is 0.781. The molecular weight excluding hydrogens is 374 g/mol. The number of nitrogens with zero attached hydrogens (tertiary/aromatic N) is 2. The van der Waals surface area contributed by atoms with Crippen molar-refractivity contribution in [3.63, 3.8) is 0 Å². The number of hydrazone groups is 1. The molecule has 0 unspecified atom stereocenters. The van der Waals surface area contributed by atoms with Crippen molar-refractivity contribution in [3.8, 4) is 0 Å². The van der Waals surface area contributed by atoms with E-state index in [2.05, 4.69) is 10.4 Å². The average molecular weight is 395 g/mol. The first-order chi connectivity index (χ1) is 14.0. The van der Waals surface area contributed by atoms with Crippen LogP contribution in [0.4, 0.5) is 0 Å². The minimum atomic E-state index is -0.693. The normalized spacial score (nSPS) is 21.1. The first-order valence-electron chi connectivity index (χ1n) is 9.47. The van der Waals surface area contributed by atoms with E-state index in [1.54, 1.807) is 18.4 Å². The third kappa shape index (κ3) is 4.06. The van der Waals surface area contributed by atoms with E-state index in [9.17, 15) is 14.4 Å². The summed E-state index contributed by atoms with van der Waals surface area (Å²) in [5.41, 5.74) is 2.82. The van der Waals surface area contributed by atoms with E-state index in [0.717, 1.165) is 16.8 Å². The van der Waals surface area contributed by atoms with E-state index < -0.39 is 30.6 Å². The van der Waals surface area contributed by atoms with Gasteiger partial charge in [0.05, 0.1) is 12.0 Å². The van der Waals surface area contributed by atoms with Crippen LogP contribution in [0, 0.1) is 6.92 Å². The topological polar surface area (TPSA) is 101 Å². The molecule has 0 saturated carbocycles. The Bertz CT molecular complexity index is 949. The molecule has 0 aliphatic carbocycles. The van der Waals surface area contributed by atoms with Crippen LogP contribution in [-0.2, 0) is 19.1 Å². The Morgan fingerprint density at radius 3 is 2.72 bits per heavy atom. The van der Waals surface area contributed by atoms with Gasteiger partial charge in [0, 0.05) is 12.8 Å². The van der Waals surface area contributed by atoms with Gasteiger partial charge < -0.3 is 14.5 Å². The van der Waals surface area contributed by atoms with Gasteiger partial charge in [-0.15, -0.1) is 0 Å². The standard InChI is InChI=1S/C21H21N3O5/c1-13-4-6-14(7-5-13)16-11-17(18-3-2-10-28-18)24(23-16)20(26)12-29-21(27)15-8-9-19(25)22-15/h2-7,10,15,17H,8-9,11-12H2,1H3,(H,22,25)/t15-,17+/m1/s1. The number of aryl methyl sites for hydroxylation is 1. The summed E-state index contributed by atoms with van der Waals surface area (Å²) in [4.78, 5) is 36.1. The molecule has 150 valence electrons. The summed E-state index contributed by atoms with van der Waals surface area (Å²) in [5, 5.41) is 8.34. The van der Waals surface area contributed by atoms with E-state index in [-0.39, 0.29) is 12.3 Å². The molecule has 2 atom stereocenters. The second kappa shape index (κ2) is 7.90. The Morgan fingerprint density at radius 1 is 1.28 bits per heavy atom. The fourth-order valence-electron chi connectivity index (χ4n) is 3.45. The van der Waals surface area contributed by atoms with Gasteiger partial charge in [-0.3, -0.25) is 9.59 Å². The number of rotatable bonds is 5. The smallest absolute Gasteiger partial charge is 0.329 e. The summed E-state index contributed by atoms with van der Waals surface area (Å²) in [5.74, 6) is -0.645. The summed E-state index contributed by atoms with van der Waals surface area (Å²) in [6.07, 6.45) is 2.70. The molecule has 2 aliphatic rings. The van der Waals surface area contributed by atoms with Crippen molar-refractivity contribution in [3.05, 3.63) is 59.5 Å². The van der Waals surface area contributed by atoms with E-state index in [1.807, 2.05) is 31.2 Å². The van der Waals surface area contributed by atoms with Crippen LogP contribution in [-0.4, -0.2) is 41.2 Å². The molecule has 4 rings (SSSR count). The Balaban J connectivity index is 1.48. The van der Waals surface area contributed by atoms with Crippen LogP contribution in [0.25, 0.3) is 0 Å². The number of hydrogen-bond donors (Lipinski definition) is 1. The van der Waals surface area contributed by atoms with Crippen LogP contribution in [0.2, 0.25) is 0 Å². The number of ether oxygens (including phenoxy) is 1. The third-order valence-electron chi connectivity index (χ3n) is 5.04. The first-order valence-corrected chi connectivity index (χ1v) is 9.47. The molecule has 0 spiro atoms. The minimum Gasteiger partial charge on any atom is -0.467 e. The molecule has 1 aromatic carbocycles. The number of carbonyl (C=O) groups is 3. The summed E-state index contributed by atoms with van der Waals surface area (Å²) < 4.78 is 10.6. The van der Waals surface area contributed by atoms with E-state index >= 15 is 0 Å². The molecule has 2 aromatic rings. The van der Waals surface area contributed by atoms with Crippen molar-refractivity contribution < 1.29 is 23.5 Å². The second-order valence-electron chi connectivity index (χ2n) is 7.15. The van der Waals surface area contributed by atoms with Crippen LogP contribution < -0.4 is 5.32 Å². The number of hydrogen-bond acceptors (Lipinski definition) is 6. The van der Waals surface area contributed by atoms with Gasteiger partial charge >= 0.3 is 5.97 Å². The fourth-order valence-corrected chi connectivity index (χ4v) is 3.45. The van der Waals surface area contributed by atoms with E-state index in [4.69, 9.17) is 9.15 Å². The minimum absolute atomic E-state index is 0.192. The van der Waals surface area contributed by atoms with Gasteiger partial charge in [-0.05, 0) is 31.0 Å². The fraction of sp³-hybridized carbons (Fsp3) is 0.333. The number of furan rings is 1. The predicted octanol–water partition coefficient (Wildman–Crippen LogP) is 2.09. The highest BCUT2D eigenvalue weighted by molar-refractivity contribution is 6.03. The highest BCUT2D eigenvalue weighted by Crippen LogP contribution is 2.33. The Hall–Kier alpha value is -3.42. The number of amides is 2. The second-order valence-corrected chi connectivity index (χ2v) is 7.15. The highest BCUT2D eigenvalue weighted by atomic mass is 16.5. The zero-order valence-electron chi connectivity index (χ0n) is 16.0. The maximum atomic E-state index is 12.8.